The van der Waals surface area contributed by atoms with Crippen molar-refractivity contribution in [1.29, 1.82) is 0 Å². The standard InChI is InChI=1S/C11H20N2/c1-6-11(7-8-13(4)5)9(2)10(3)12/h7-8H,3,6,12H2,1-2,4-5H3/b8-7-,11-9+. The molecule has 0 aromatic carbocycles. The van der Waals surface area contributed by atoms with Crippen LogP contribution in [0.3, 0.4) is 0 Å². The summed E-state index contributed by atoms with van der Waals surface area (Å²) in [4.78, 5) is 2.00. The lowest BCUT2D eigenvalue weighted by Crippen LogP contribution is -2.02. The molecule has 0 aliphatic rings. The summed E-state index contributed by atoms with van der Waals surface area (Å²) in [6.45, 7) is 7.84. The molecule has 0 atom stereocenters. The predicted molar refractivity (Wildman–Crippen MR) is 59.1 cm³/mol. The zero-order valence-corrected chi connectivity index (χ0v) is 9.09. The molecule has 2 N–H and O–H groups in total. The van der Waals surface area contributed by atoms with Crippen LogP contribution in [0.5, 0.6) is 0 Å². The van der Waals surface area contributed by atoms with Crippen LogP contribution in [0.2, 0.25) is 0 Å². The third-order valence-corrected chi connectivity index (χ3v) is 1.92. The molecule has 0 fully saturated rings. The van der Waals surface area contributed by atoms with Crippen molar-refractivity contribution in [3.8, 4) is 0 Å². The van der Waals surface area contributed by atoms with Crippen LogP contribution >= 0.6 is 0 Å². The van der Waals surface area contributed by atoms with E-state index in [9.17, 15) is 0 Å². The van der Waals surface area contributed by atoms with Gasteiger partial charge < -0.3 is 10.6 Å². The van der Waals surface area contributed by atoms with Crippen molar-refractivity contribution in [2.75, 3.05) is 14.1 Å². The molecule has 0 radical (unpaired) electrons. The van der Waals surface area contributed by atoms with Crippen LogP contribution in [0.1, 0.15) is 20.3 Å². The lowest BCUT2D eigenvalue weighted by atomic mass is 10.1. The van der Waals surface area contributed by atoms with Crippen molar-refractivity contribution < 1.29 is 0 Å². The van der Waals surface area contributed by atoms with E-state index in [1.165, 1.54) is 5.57 Å². The van der Waals surface area contributed by atoms with Crippen LogP contribution in [0.25, 0.3) is 0 Å². The Labute approximate surface area is 81.4 Å². The molecule has 2 heteroatoms. The Balaban J connectivity index is 4.69. The van der Waals surface area contributed by atoms with Crippen LogP contribution in [0, 0.1) is 0 Å². The van der Waals surface area contributed by atoms with E-state index in [1.54, 1.807) is 0 Å². The van der Waals surface area contributed by atoms with Crippen molar-refractivity contribution in [2.24, 2.45) is 5.73 Å². The van der Waals surface area contributed by atoms with Crippen molar-refractivity contribution in [3.63, 3.8) is 0 Å². The molecule has 13 heavy (non-hydrogen) atoms. The molecule has 0 unspecified atom stereocenters. The predicted octanol–water partition coefficient (Wildman–Crippen LogP) is 2.26. The van der Waals surface area contributed by atoms with Gasteiger partial charge in [-0.05, 0) is 36.8 Å². The second-order valence-corrected chi connectivity index (χ2v) is 3.31. The van der Waals surface area contributed by atoms with Gasteiger partial charge in [0.05, 0.1) is 0 Å². The molecule has 0 aromatic heterocycles. The summed E-state index contributed by atoms with van der Waals surface area (Å²) in [5, 5.41) is 0. The lowest BCUT2D eigenvalue weighted by molar-refractivity contribution is 0.563. The third-order valence-electron chi connectivity index (χ3n) is 1.92. The summed E-state index contributed by atoms with van der Waals surface area (Å²) < 4.78 is 0. The molecule has 0 aromatic rings. The van der Waals surface area contributed by atoms with E-state index in [-0.39, 0.29) is 0 Å². The highest BCUT2D eigenvalue weighted by Gasteiger charge is 1.97. The van der Waals surface area contributed by atoms with Gasteiger partial charge in [-0.25, -0.2) is 0 Å². The van der Waals surface area contributed by atoms with Crippen molar-refractivity contribution in [1.82, 2.24) is 4.90 Å². The van der Waals surface area contributed by atoms with E-state index in [1.807, 2.05) is 32.1 Å². The second-order valence-electron chi connectivity index (χ2n) is 3.31. The van der Waals surface area contributed by atoms with Gasteiger partial charge in [0.15, 0.2) is 0 Å². The molecular weight excluding hydrogens is 160 g/mol. The summed E-state index contributed by atoms with van der Waals surface area (Å²) in [5.74, 6) is 0. The van der Waals surface area contributed by atoms with Gasteiger partial charge in [0.25, 0.3) is 0 Å². The molecule has 0 aliphatic heterocycles. The van der Waals surface area contributed by atoms with Gasteiger partial charge in [-0.3, -0.25) is 0 Å². The van der Waals surface area contributed by atoms with Crippen LogP contribution in [-0.2, 0) is 0 Å². The van der Waals surface area contributed by atoms with Gasteiger partial charge in [-0.1, -0.05) is 13.5 Å². The SMILES string of the molecule is C=C(N)/C(C)=C(/C=C\N(C)C)CC. The van der Waals surface area contributed by atoms with Gasteiger partial charge in [0.2, 0.25) is 0 Å². The third kappa shape index (κ3) is 4.41. The quantitative estimate of drug-likeness (QED) is 0.672. The van der Waals surface area contributed by atoms with Crippen LogP contribution in [-0.4, -0.2) is 19.0 Å². The maximum absolute atomic E-state index is 5.62. The maximum Gasteiger partial charge on any atom is 0.0273 e. The number of allylic oxidation sites excluding steroid dienone is 3. The zero-order chi connectivity index (χ0) is 10.4. The summed E-state index contributed by atoms with van der Waals surface area (Å²) in [7, 11) is 3.99. The highest BCUT2D eigenvalue weighted by molar-refractivity contribution is 5.35. The summed E-state index contributed by atoms with van der Waals surface area (Å²) in [6.07, 6.45) is 5.07. The fourth-order valence-corrected chi connectivity index (χ4v) is 0.953. The molecule has 0 spiro atoms. The number of nitrogens with two attached hydrogens (primary N) is 1. The maximum atomic E-state index is 5.62. The van der Waals surface area contributed by atoms with E-state index >= 15 is 0 Å². The van der Waals surface area contributed by atoms with Gasteiger partial charge in [0, 0.05) is 19.8 Å². The fourth-order valence-electron chi connectivity index (χ4n) is 0.953. The first-order valence-corrected chi connectivity index (χ1v) is 4.48. The van der Waals surface area contributed by atoms with E-state index in [0.29, 0.717) is 5.70 Å². The molecule has 0 aliphatic carbocycles. The minimum absolute atomic E-state index is 0.653. The van der Waals surface area contributed by atoms with E-state index < -0.39 is 0 Å². The van der Waals surface area contributed by atoms with Gasteiger partial charge in [0.1, 0.15) is 0 Å². The van der Waals surface area contributed by atoms with Crippen molar-refractivity contribution in [3.05, 3.63) is 35.7 Å². The first-order valence-electron chi connectivity index (χ1n) is 4.48. The molecule has 0 bridgehead atoms. The van der Waals surface area contributed by atoms with E-state index in [0.717, 1.165) is 12.0 Å². The van der Waals surface area contributed by atoms with Crippen LogP contribution < -0.4 is 5.73 Å². The van der Waals surface area contributed by atoms with Crippen LogP contribution in [0.15, 0.2) is 35.7 Å². The van der Waals surface area contributed by atoms with Crippen LogP contribution in [0.4, 0.5) is 0 Å². The fraction of sp³-hybridized carbons (Fsp3) is 0.455. The molecule has 74 valence electrons. The Hall–Kier alpha value is -1.18. The number of hydrogen-bond donors (Lipinski definition) is 1. The highest BCUT2D eigenvalue weighted by atomic mass is 15.0. The molecule has 0 amide bonds. The number of nitrogens with zero attached hydrogens (tertiary/aromatic N) is 1. The number of rotatable bonds is 4. The summed E-state index contributed by atoms with van der Waals surface area (Å²) >= 11 is 0. The van der Waals surface area contributed by atoms with Gasteiger partial charge >= 0.3 is 0 Å². The molecule has 0 rings (SSSR count). The zero-order valence-electron chi connectivity index (χ0n) is 9.09. The Morgan fingerprint density at radius 1 is 1.46 bits per heavy atom. The molecule has 0 saturated heterocycles. The van der Waals surface area contributed by atoms with Gasteiger partial charge in [-0.2, -0.15) is 0 Å². The minimum Gasteiger partial charge on any atom is -0.399 e. The van der Waals surface area contributed by atoms with Crippen molar-refractivity contribution >= 4 is 0 Å². The Morgan fingerprint density at radius 3 is 2.31 bits per heavy atom. The topological polar surface area (TPSA) is 29.3 Å². The Bertz CT molecular complexity index is 234. The normalized spacial score (nSPS) is 12.9. The molecule has 2 nitrogen and oxygen atoms in total. The second kappa shape index (κ2) is 5.46. The molecule has 0 heterocycles. The highest BCUT2D eigenvalue weighted by Crippen LogP contribution is 2.13. The van der Waals surface area contributed by atoms with Gasteiger partial charge in [-0.15, -0.1) is 0 Å². The molecule has 0 saturated carbocycles. The average Bonchev–Trinajstić information content (AvgIpc) is 2.04. The van der Waals surface area contributed by atoms with Crippen molar-refractivity contribution in [2.45, 2.75) is 20.3 Å². The number of hydrogen-bond acceptors (Lipinski definition) is 2. The first kappa shape index (κ1) is 11.8. The lowest BCUT2D eigenvalue weighted by Gasteiger charge is -2.08. The molecular formula is C11H20N2. The average molecular weight is 180 g/mol. The van der Waals surface area contributed by atoms with E-state index in [2.05, 4.69) is 19.6 Å². The minimum atomic E-state index is 0.653. The monoisotopic (exact) mass is 180 g/mol. The smallest absolute Gasteiger partial charge is 0.0273 e. The largest absolute Gasteiger partial charge is 0.399 e. The Kier molecular flexibility index (Phi) is 4.97. The first-order chi connectivity index (χ1) is 5.99. The summed E-state index contributed by atoms with van der Waals surface area (Å²) in [5.41, 5.74) is 8.59. The summed E-state index contributed by atoms with van der Waals surface area (Å²) in [6, 6.07) is 0. The van der Waals surface area contributed by atoms with E-state index in [4.69, 9.17) is 5.73 Å². The Morgan fingerprint density at radius 2 is 2.00 bits per heavy atom.